The number of H-pyrrole nitrogens is 1. The van der Waals surface area contributed by atoms with Gasteiger partial charge in [-0.3, -0.25) is 9.89 Å². The molecule has 1 amide bonds. The van der Waals surface area contributed by atoms with Crippen LogP contribution in [0.1, 0.15) is 66.2 Å². The van der Waals surface area contributed by atoms with Gasteiger partial charge in [0.1, 0.15) is 17.1 Å². The summed E-state index contributed by atoms with van der Waals surface area (Å²) in [4.78, 5) is 14.1. The third-order valence-electron chi connectivity index (χ3n) is 4.81. The van der Waals surface area contributed by atoms with Gasteiger partial charge in [-0.2, -0.15) is 4.39 Å². The van der Waals surface area contributed by atoms with E-state index in [9.17, 15) is 22.4 Å². The number of benzene rings is 1. The largest absolute Gasteiger partial charge is 0.335 e. The molecule has 0 bridgehead atoms. The van der Waals surface area contributed by atoms with E-state index in [-0.39, 0.29) is 30.7 Å². The fourth-order valence-corrected chi connectivity index (χ4v) is 3.29. The van der Waals surface area contributed by atoms with Crippen LogP contribution in [0.3, 0.4) is 0 Å². The summed E-state index contributed by atoms with van der Waals surface area (Å²) in [7, 11) is 0. The van der Waals surface area contributed by atoms with Crippen LogP contribution in [-0.2, 0) is 6.42 Å². The lowest BCUT2D eigenvalue weighted by atomic mass is 9.94. The van der Waals surface area contributed by atoms with E-state index in [1.807, 2.05) is 25.0 Å². The summed E-state index contributed by atoms with van der Waals surface area (Å²) < 4.78 is 54.3. The third kappa shape index (κ3) is 3.99. The Morgan fingerprint density at radius 3 is 2.59 bits per heavy atom. The molecular weight excluding hydrogens is 362 g/mol. The molecule has 1 aromatic carbocycles. The number of halogens is 4. The molecule has 1 heterocycles. The zero-order chi connectivity index (χ0) is 19.7. The Morgan fingerprint density at radius 2 is 2.00 bits per heavy atom. The lowest BCUT2D eigenvalue weighted by Gasteiger charge is -2.24. The smallest absolute Gasteiger partial charge is 0.280 e. The van der Waals surface area contributed by atoms with Crippen molar-refractivity contribution in [3.63, 3.8) is 0 Å². The Kier molecular flexibility index (Phi) is 5.53. The van der Waals surface area contributed by atoms with Gasteiger partial charge in [0.25, 0.3) is 12.3 Å². The van der Waals surface area contributed by atoms with Crippen molar-refractivity contribution >= 4 is 5.91 Å². The van der Waals surface area contributed by atoms with E-state index in [1.165, 1.54) is 11.0 Å². The van der Waals surface area contributed by atoms with Crippen LogP contribution < -0.4 is 0 Å². The second kappa shape index (κ2) is 7.70. The number of nitrogens with one attached hydrogen (secondary N) is 1. The summed E-state index contributed by atoms with van der Waals surface area (Å²) in [5.41, 5.74) is -0.222. The maximum absolute atomic E-state index is 14.3. The van der Waals surface area contributed by atoms with E-state index in [0.717, 1.165) is 5.56 Å². The molecule has 1 saturated carbocycles. The molecule has 0 unspecified atom stereocenters. The number of hydrogen-bond acceptors (Lipinski definition) is 2. The first-order chi connectivity index (χ1) is 12.8. The molecule has 146 valence electrons. The summed E-state index contributed by atoms with van der Waals surface area (Å²) in [6.45, 7) is 4.01. The quantitative estimate of drug-likeness (QED) is 0.711. The van der Waals surface area contributed by atoms with Crippen LogP contribution in [0.15, 0.2) is 18.2 Å². The monoisotopic (exact) mass is 383 g/mol. The normalized spacial score (nSPS) is 14.2. The van der Waals surface area contributed by atoms with Crippen molar-refractivity contribution in [3.8, 4) is 0 Å². The van der Waals surface area contributed by atoms with Crippen molar-refractivity contribution in [2.75, 3.05) is 6.54 Å². The number of aromatic amines is 1. The second-order valence-corrected chi connectivity index (χ2v) is 7.05. The van der Waals surface area contributed by atoms with Crippen molar-refractivity contribution in [1.82, 2.24) is 15.1 Å². The van der Waals surface area contributed by atoms with E-state index in [0.29, 0.717) is 18.4 Å². The van der Waals surface area contributed by atoms with Crippen molar-refractivity contribution < 1.29 is 22.4 Å². The van der Waals surface area contributed by atoms with Gasteiger partial charge in [0.05, 0.1) is 0 Å². The van der Waals surface area contributed by atoms with Gasteiger partial charge in [0, 0.05) is 12.6 Å². The van der Waals surface area contributed by atoms with Crippen LogP contribution in [0.5, 0.6) is 0 Å². The van der Waals surface area contributed by atoms with Crippen molar-refractivity contribution in [1.29, 1.82) is 0 Å². The minimum Gasteiger partial charge on any atom is -0.335 e. The highest BCUT2D eigenvalue weighted by atomic mass is 19.3. The van der Waals surface area contributed by atoms with Crippen LogP contribution in [0, 0.1) is 11.8 Å². The average Bonchev–Trinajstić information content (AvgIpc) is 3.36. The Hall–Kier alpha value is -2.38. The van der Waals surface area contributed by atoms with Gasteiger partial charge in [-0.15, -0.1) is 5.10 Å². The standard InChI is InChI=1S/C19H21F4N3O/c1-10(2)12-4-3-5-14(20)13(12)8-9-26(11-6-7-11)19(27)15-16(17(21)22)24-25-18(15)23/h3-5,10-11,17H,6-9H2,1-2H3,(H,24,25). The van der Waals surface area contributed by atoms with Crippen molar-refractivity contribution in [2.24, 2.45) is 0 Å². The molecule has 1 fully saturated rings. The molecule has 8 heteroatoms. The van der Waals surface area contributed by atoms with Gasteiger partial charge in [-0.25, -0.2) is 13.2 Å². The van der Waals surface area contributed by atoms with Gasteiger partial charge in [0.15, 0.2) is 0 Å². The molecule has 27 heavy (non-hydrogen) atoms. The molecule has 0 spiro atoms. The Balaban J connectivity index is 1.85. The van der Waals surface area contributed by atoms with Gasteiger partial charge in [-0.05, 0) is 42.4 Å². The highest BCUT2D eigenvalue weighted by Gasteiger charge is 2.37. The molecule has 1 N–H and O–H groups in total. The number of nitrogens with zero attached hydrogens (tertiary/aromatic N) is 2. The zero-order valence-electron chi connectivity index (χ0n) is 15.1. The predicted molar refractivity (Wildman–Crippen MR) is 91.8 cm³/mol. The summed E-state index contributed by atoms with van der Waals surface area (Å²) >= 11 is 0. The SMILES string of the molecule is CC(C)c1cccc(F)c1CCN(C(=O)c1c(F)n[nH]c1C(F)F)C1CC1. The Bertz CT molecular complexity index is 830. The number of carbonyl (C=O) groups is 1. The molecule has 1 aromatic heterocycles. The van der Waals surface area contributed by atoms with Crippen LogP contribution in [0.2, 0.25) is 0 Å². The summed E-state index contributed by atoms with van der Waals surface area (Å²) in [6.07, 6.45) is -1.39. The van der Waals surface area contributed by atoms with E-state index in [1.54, 1.807) is 6.07 Å². The molecular formula is C19H21F4N3O. The van der Waals surface area contributed by atoms with Gasteiger partial charge in [-0.1, -0.05) is 26.0 Å². The van der Waals surface area contributed by atoms with Crippen molar-refractivity contribution in [2.45, 2.75) is 51.5 Å². The zero-order valence-corrected chi connectivity index (χ0v) is 15.1. The fraction of sp³-hybridized carbons (Fsp3) is 0.474. The minimum absolute atomic E-state index is 0.0949. The summed E-state index contributed by atoms with van der Waals surface area (Å²) in [5, 5.41) is 5.00. The average molecular weight is 383 g/mol. The first-order valence-corrected chi connectivity index (χ1v) is 8.91. The molecule has 0 aliphatic heterocycles. The molecule has 4 nitrogen and oxygen atoms in total. The van der Waals surface area contributed by atoms with Crippen LogP contribution >= 0.6 is 0 Å². The Labute approximate surface area is 154 Å². The third-order valence-corrected chi connectivity index (χ3v) is 4.81. The topological polar surface area (TPSA) is 49.0 Å². The number of aromatic nitrogens is 2. The molecule has 2 aromatic rings. The first kappa shape index (κ1) is 19.4. The van der Waals surface area contributed by atoms with Crippen LogP contribution in [0.25, 0.3) is 0 Å². The molecule has 1 aliphatic carbocycles. The van der Waals surface area contributed by atoms with Gasteiger partial charge in [0.2, 0.25) is 5.95 Å². The highest BCUT2D eigenvalue weighted by Crippen LogP contribution is 2.32. The number of hydrogen-bond donors (Lipinski definition) is 1. The molecule has 0 saturated heterocycles. The predicted octanol–water partition coefficient (Wildman–Crippen LogP) is 4.60. The number of rotatable bonds is 7. The molecule has 0 atom stereocenters. The maximum atomic E-state index is 14.3. The lowest BCUT2D eigenvalue weighted by molar-refractivity contribution is 0.0727. The highest BCUT2D eigenvalue weighted by molar-refractivity contribution is 5.95. The summed E-state index contributed by atoms with van der Waals surface area (Å²) in [5.74, 6) is -2.35. The number of amides is 1. The van der Waals surface area contributed by atoms with E-state index in [4.69, 9.17) is 0 Å². The first-order valence-electron chi connectivity index (χ1n) is 8.91. The lowest BCUT2D eigenvalue weighted by Crippen LogP contribution is -2.36. The van der Waals surface area contributed by atoms with Crippen LogP contribution in [0.4, 0.5) is 17.6 Å². The molecule has 1 aliphatic rings. The second-order valence-electron chi connectivity index (χ2n) is 7.05. The summed E-state index contributed by atoms with van der Waals surface area (Å²) in [6, 6.07) is 4.67. The molecule has 0 radical (unpaired) electrons. The fourth-order valence-electron chi connectivity index (χ4n) is 3.29. The van der Waals surface area contributed by atoms with Gasteiger partial charge >= 0.3 is 0 Å². The number of alkyl halides is 2. The number of carbonyl (C=O) groups excluding carboxylic acids is 1. The molecule has 3 rings (SSSR count). The van der Waals surface area contributed by atoms with Crippen LogP contribution in [-0.4, -0.2) is 33.6 Å². The minimum atomic E-state index is -3.04. The van der Waals surface area contributed by atoms with Gasteiger partial charge < -0.3 is 4.90 Å². The van der Waals surface area contributed by atoms with Crippen molar-refractivity contribution in [3.05, 3.63) is 52.3 Å². The van der Waals surface area contributed by atoms with E-state index < -0.39 is 29.5 Å². The Morgan fingerprint density at radius 1 is 1.30 bits per heavy atom. The van der Waals surface area contributed by atoms with E-state index >= 15 is 0 Å². The van der Waals surface area contributed by atoms with E-state index in [2.05, 4.69) is 5.10 Å². The maximum Gasteiger partial charge on any atom is 0.280 e.